The molecule has 0 heterocycles. The van der Waals surface area contributed by atoms with Crippen molar-refractivity contribution in [1.29, 1.82) is 0 Å². The van der Waals surface area contributed by atoms with Crippen LogP contribution in [0.25, 0.3) is 0 Å². The van der Waals surface area contributed by atoms with Crippen molar-refractivity contribution in [2.75, 3.05) is 49.4 Å². The van der Waals surface area contributed by atoms with Gasteiger partial charge in [-0.15, -0.1) is 0 Å². The molecule has 122 heavy (non-hydrogen) atoms. The van der Waals surface area contributed by atoms with Gasteiger partial charge in [-0.1, -0.05) is 269 Å². The smallest absolute Gasteiger partial charge is 0.310 e. The highest BCUT2D eigenvalue weighted by molar-refractivity contribution is 8.01. The number of amides is 2. The number of hydrogen-bond donors (Lipinski definition) is 4. The number of rotatable bonds is 40. The molecule has 8 atom stereocenters. The minimum absolute atomic E-state index is 0. The third-order valence-corrected chi connectivity index (χ3v) is 23.5. The van der Waals surface area contributed by atoms with Gasteiger partial charge in [-0.2, -0.15) is 47.0 Å². The number of halogens is 2. The molecule has 0 radical (unpaired) electrons. The quantitative estimate of drug-likeness (QED) is 0.0158. The molecule has 674 valence electrons. The van der Waals surface area contributed by atoms with Crippen LogP contribution in [0, 0.1) is 35.5 Å². The van der Waals surface area contributed by atoms with E-state index in [9.17, 15) is 57.5 Å². The molecule has 6 N–H and O–H groups in total. The molecular formula is C96H136Cl2N4O16S4. The van der Waals surface area contributed by atoms with E-state index in [4.69, 9.17) is 53.6 Å². The van der Waals surface area contributed by atoms with Crippen LogP contribution in [0.4, 0.5) is 0 Å². The van der Waals surface area contributed by atoms with Crippen LogP contribution in [-0.4, -0.2) is 162 Å². The average molecular weight is 1800 g/mol. The van der Waals surface area contributed by atoms with Crippen molar-refractivity contribution in [2.24, 2.45) is 47.0 Å². The Morgan fingerprint density at radius 3 is 0.861 bits per heavy atom. The largest absolute Gasteiger partial charge is 0.466 e. The zero-order valence-electron chi connectivity index (χ0n) is 75.1. The number of ether oxygens (including phenoxy) is 4. The molecule has 6 rings (SSSR count). The summed E-state index contributed by atoms with van der Waals surface area (Å²) in [6, 6.07) is 51.8. The lowest BCUT2D eigenvalue weighted by Gasteiger charge is -2.25. The van der Waals surface area contributed by atoms with Gasteiger partial charge < -0.3 is 41.0 Å². The van der Waals surface area contributed by atoms with Gasteiger partial charge in [0, 0.05) is 91.4 Å². The first-order chi connectivity index (χ1) is 57.2. The SMILES string of the molecule is CCOC(=O)[C@H](CSC(C)(C)C)CC(=O)[C@@H](N)C(C)C.CCOC(=O)[C@H](CSC(C)(C)C)CC(=O)[C@@H](N)Cc1ccccc1.CCOC(=O)[C@H](CSC(C)(C)C)CC(=O)[C@@H](NC(=O)c1ccccc1)C(C)C.CCOC(=O)[C@H](CSC(C)(C)C)CC(=O)[C@H](Cc1ccccc1)NC(=O)c1ccccc1.O=C(Cl)c1ccccc1.O=C(Cl)c1ccccc1.[2HH]. The lowest BCUT2D eigenvalue weighted by atomic mass is 9.93. The fraction of sp³-hybridized carbons (Fsp3) is 0.500. The molecule has 0 aliphatic carbocycles. The number of Topliss-reactive ketones (excluding diaryl/α,β-unsaturated/α-hetero) is 4. The number of carbonyl (C=O) groups is 12. The second kappa shape index (κ2) is 59.8. The number of thioether (sulfide) groups is 4. The van der Waals surface area contributed by atoms with Crippen molar-refractivity contribution in [2.45, 2.75) is 220 Å². The van der Waals surface area contributed by atoms with Gasteiger partial charge in [-0.05, 0) is 111 Å². The maximum atomic E-state index is 13.3. The maximum Gasteiger partial charge on any atom is 0.310 e. The normalized spacial score (nSPS) is 13.1. The zero-order chi connectivity index (χ0) is 92.3. The van der Waals surface area contributed by atoms with Crippen molar-refractivity contribution >= 4 is 140 Å². The van der Waals surface area contributed by atoms with Crippen molar-refractivity contribution in [3.05, 3.63) is 215 Å². The fourth-order valence-electron chi connectivity index (χ4n) is 10.7. The van der Waals surface area contributed by atoms with Gasteiger partial charge in [0.25, 0.3) is 22.3 Å². The van der Waals surface area contributed by atoms with Gasteiger partial charge in [0.05, 0.1) is 74.3 Å². The van der Waals surface area contributed by atoms with Crippen molar-refractivity contribution < 1.29 is 77.9 Å². The average Bonchev–Trinajstić information content (AvgIpc) is 0.849. The number of nitrogens with one attached hydrogen (secondary N) is 2. The van der Waals surface area contributed by atoms with Crippen LogP contribution >= 0.6 is 70.2 Å². The van der Waals surface area contributed by atoms with Gasteiger partial charge in [-0.25, -0.2) is 0 Å². The molecule has 6 aromatic carbocycles. The molecule has 0 aliphatic heterocycles. The first-order valence-corrected chi connectivity index (χ1v) is 46.0. The standard InChI is InChI=1S/C26H33NO4S.C22H33NO4S.C19H29NO3S.C15H29NO3S.2C7H5ClO.H2/c1-5-31-25(30)21(18-32-26(2,3)4)17-23(28)22(16-19-12-8-6-9-13-19)27-24(29)20-14-10-7-11-15-20;1-7-27-21(26)17(14-28-22(4,5)6)13-18(24)19(15(2)3)23-20(25)16-11-9-8-10-12-16;1-5-23-18(22)15(13-24-19(2,3)4)12-17(21)16(20)11-14-9-7-6-8-10-14;1-7-19-14(18)11(9-20-15(4,5)6)8-12(17)13(16)10(2)3;2*8-7(9)6-4-2-1-3-5-6;/h6-15,21-22H,5,16-18H2,1-4H3,(H,27,29);8-12,15,17,19H,7,13-14H2,1-6H3,(H,23,25);6-10,15-16H,5,11-13,20H2,1-4H3;10-11,13H,7-9,16H2,1-6H3;2*1-5H;1H/t21-,22-;17-,19-;15-,16-;11-,13-;;;/m0000.../s1/i;;;;;;1+1. The Morgan fingerprint density at radius 1 is 0.344 bits per heavy atom. The Kier molecular flexibility index (Phi) is 54.9. The highest BCUT2D eigenvalue weighted by Crippen LogP contribution is 2.32. The molecule has 0 fully saturated rings. The Bertz CT molecular complexity index is 4050. The highest BCUT2D eigenvalue weighted by Gasteiger charge is 2.35. The minimum Gasteiger partial charge on any atom is -0.466 e. The summed E-state index contributed by atoms with van der Waals surface area (Å²) in [7, 11) is 0. The van der Waals surface area contributed by atoms with Crippen LogP contribution in [-0.2, 0) is 70.1 Å². The molecule has 20 nitrogen and oxygen atoms in total. The molecule has 26 heteroatoms. The number of carbonyl (C=O) groups excluding carboxylic acids is 12. The van der Waals surface area contributed by atoms with E-state index < -0.39 is 58.3 Å². The van der Waals surface area contributed by atoms with Crippen LogP contribution in [0.1, 0.15) is 218 Å². The van der Waals surface area contributed by atoms with Crippen LogP contribution in [0.5, 0.6) is 0 Å². The van der Waals surface area contributed by atoms with Gasteiger partial charge in [0.2, 0.25) is 0 Å². The second-order valence-corrected chi connectivity index (χ2v) is 41.2. The maximum absolute atomic E-state index is 13.3. The van der Waals surface area contributed by atoms with E-state index in [1.807, 2.05) is 113 Å². The molecule has 0 aliphatic rings. The molecular weight excluding hydrogens is 1660 g/mol. The van der Waals surface area contributed by atoms with Gasteiger partial charge in [-0.3, -0.25) is 57.5 Å². The predicted octanol–water partition coefficient (Wildman–Crippen LogP) is 19.1. The minimum atomic E-state index is -0.735. The highest BCUT2D eigenvalue weighted by atomic mass is 35.5. The molecule has 0 aromatic heterocycles. The summed E-state index contributed by atoms with van der Waals surface area (Å²) in [5, 5.41) is 4.90. The third kappa shape index (κ3) is 51.4. The van der Waals surface area contributed by atoms with Crippen molar-refractivity contribution in [3.63, 3.8) is 0 Å². The molecule has 6 aromatic rings. The third-order valence-electron chi connectivity index (χ3n) is 17.3. The van der Waals surface area contributed by atoms with E-state index in [0.717, 1.165) is 11.1 Å². The Morgan fingerprint density at radius 2 is 0.598 bits per heavy atom. The monoisotopic (exact) mass is 1800 g/mol. The first-order valence-electron chi connectivity index (χ1n) is 41.3. The van der Waals surface area contributed by atoms with E-state index in [1.165, 1.54) is 0 Å². The number of benzene rings is 6. The topological polar surface area (TPSA) is 318 Å². The van der Waals surface area contributed by atoms with E-state index in [2.05, 4.69) is 93.7 Å². The Balaban J connectivity index is 0.00000152. The zero-order valence-corrected chi connectivity index (χ0v) is 79.8. The van der Waals surface area contributed by atoms with E-state index in [-0.39, 0.29) is 130 Å². The summed E-state index contributed by atoms with van der Waals surface area (Å²) in [4.78, 5) is 146. The van der Waals surface area contributed by atoms with Gasteiger partial charge in [0.1, 0.15) is 0 Å². The summed E-state index contributed by atoms with van der Waals surface area (Å²) < 4.78 is 20.6. The van der Waals surface area contributed by atoms with Crippen LogP contribution in [0.15, 0.2) is 182 Å². The summed E-state index contributed by atoms with van der Waals surface area (Å²) in [5.74, 6) is -2.20. The molecule has 0 saturated carbocycles. The molecule has 0 unspecified atom stereocenters. The lowest BCUT2D eigenvalue weighted by Crippen LogP contribution is -2.45. The van der Waals surface area contributed by atoms with Crippen LogP contribution in [0.3, 0.4) is 0 Å². The summed E-state index contributed by atoms with van der Waals surface area (Å²) in [6.45, 7) is 40.8. The second-order valence-electron chi connectivity index (χ2n) is 33.2. The first kappa shape index (κ1) is 112. The van der Waals surface area contributed by atoms with E-state index in [0.29, 0.717) is 71.3 Å². The van der Waals surface area contributed by atoms with E-state index in [1.54, 1.807) is 172 Å². The summed E-state index contributed by atoms with van der Waals surface area (Å²) in [5.41, 5.74) is 15.9. The number of nitrogens with two attached hydrogens (primary N) is 2. The van der Waals surface area contributed by atoms with Gasteiger partial charge >= 0.3 is 23.9 Å². The summed E-state index contributed by atoms with van der Waals surface area (Å²) in [6.07, 6.45) is 1.23. The predicted molar refractivity (Wildman–Crippen MR) is 505 cm³/mol. The van der Waals surface area contributed by atoms with Gasteiger partial charge in [0.15, 0.2) is 23.1 Å². The fourth-order valence-corrected chi connectivity index (χ4v) is 14.7. The number of esters is 4. The lowest BCUT2D eigenvalue weighted by molar-refractivity contribution is -0.149. The molecule has 0 bridgehead atoms. The molecule has 2 amide bonds. The number of ketones is 4. The van der Waals surface area contributed by atoms with Crippen LogP contribution < -0.4 is 22.1 Å². The van der Waals surface area contributed by atoms with Crippen LogP contribution in [0.2, 0.25) is 0 Å². The van der Waals surface area contributed by atoms with E-state index >= 15 is 0 Å². The number of hydrogen-bond acceptors (Lipinski definition) is 22. The van der Waals surface area contributed by atoms with Crippen molar-refractivity contribution in [3.8, 4) is 0 Å². The molecule has 0 spiro atoms. The van der Waals surface area contributed by atoms with Crippen molar-refractivity contribution in [1.82, 2.24) is 10.6 Å². The Hall–Kier alpha value is -7.94. The molecule has 0 saturated heterocycles. The summed E-state index contributed by atoms with van der Waals surface area (Å²) >= 11 is 16.9. The Labute approximate surface area is 754 Å².